The molecule has 4 heterocycles. The Bertz CT molecular complexity index is 889. The quantitative estimate of drug-likeness (QED) is 0.886. The van der Waals surface area contributed by atoms with Crippen LogP contribution in [0.4, 0.5) is 0 Å². The SMILES string of the molecule is O=C(CCCc1c[nH]c2ccccc12)N1C[C@H]2C[C@@H](C1)[C@@H]1CCCC(=O)N1C2. The molecule has 0 unspecified atom stereocenters. The molecular formula is C23H29N3O2. The predicted molar refractivity (Wildman–Crippen MR) is 109 cm³/mol. The number of aromatic nitrogens is 1. The van der Waals surface area contributed by atoms with Crippen molar-refractivity contribution in [2.24, 2.45) is 11.8 Å². The van der Waals surface area contributed by atoms with E-state index in [1.54, 1.807) is 0 Å². The Morgan fingerprint density at radius 2 is 2.07 bits per heavy atom. The second-order valence-corrected chi connectivity index (χ2v) is 8.88. The maximum absolute atomic E-state index is 12.9. The molecule has 0 radical (unpaired) electrons. The fourth-order valence-corrected chi connectivity index (χ4v) is 5.74. The lowest BCUT2D eigenvalue weighted by Gasteiger charge is -2.52. The largest absolute Gasteiger partial charge is 0.361 e. The highest BCUT2D eigenvalue weighted by atomic mass is 16.2. The number of aryl methyl sites for hydroxylation is 1. The summed E-state index contributed by atoms with van der Waals surface area (Å²) in [5.74, 6) is 1.58. The minimum atomic E-state index is 0.296. The van der Waals surface area contributed by atoms with E-state index in [9.17, 15) is 9.59 Å². The molecule has 2 amide bonds. The Balaban J connectivity index is 1.18. The predicted octanol–water partition coefficient (Wildman–Crippen LogP) is 3.35. The highest BCUT2D eigenvalue weighted by Gasteiger charge is 2.44. The first-order chi connectivity index (χ1) is 13.7. The van der Waals surface area contributed by atoms with Gasteiger partial charge >= 0.3 is 0 Å². The number of aromatic amines is 1. The number of carbonyl (C=O) groups is 2. The first-order valence-corrected chi connectivity index (χ1v) is 10.8. The molecule has 28 heavy (non-hydrogen) atoms. The number of amides is 2. The van der Waals surface area contributed by atoms with E-state index < -0.39 is 0 Å². The van der Waals surface area contributed by atoms with E-state index in [2.05, 4.69) is 39.2 Å². The van der Waals surface area contributed by atoms with Gasteiger partial charge in [-0.15, -0.1) is 0 Å². The van der Waals surface area contributed by atoms with E-state index in [-0.39, 0.29) is 0 Å². The normalized spacial score (nSPS) is 27.1. The van der Waals surface area contributed by atoms with Gasteiger partial charge in [-0.1, -0.05) is 18.2 Å². The second kappa shape index (κ2) is 7.26. The molecule has 3 aliphatic rings. The van der Waals surface area contributed by atoms with Gasteiger partial charge in [0.05, 0.1) is 0 Å². The van der Waals surface area contributed by atoms with Gasteiger partial charge in [0.2, 0.25) is 11.8 Å². The van der Waals surface area contributed by atoms with Crippen molar-refractivity contribution in [3.05, 3.63) is 36.0 Å². The minimum absolute atomic E-state index is 0.296. The average molecular weight is 380 g/mol. The number of fused-ring (bicyclic) bond motifs is 5. The van der Waals surface area contributed by atoms with Gasteiger partial charge in [0.15, 0.2) is 0 Å². The van der Waals surface area contributed by atoms with Crippen molar-refractivity contribution in [2.45, 2.75) is 51.0 Å². The Labute approximate surface area is 166 Å². The van der Waals surface area contributed by atoms with Gasteiger partial charge in [-0.25, -0.2) is 0 Å². The van der Waals surface area contributed by atoms with E-state index in [0.717, 1.165) is 45.3 Å². The van der Waals surface area contributed by atoms with E-state index >= 15 is 0 Å². The van der Waals surface area contributed by atoms with Gasteiger partial charge in [-0.3, -0.25) is 9.59 Å². The number of likely N-dealkylation sites (tertiary alicyclic amines) is 1. The van der Waals surface area contributed by atoms with Crippen molar-refractivity contribution in [3.8, 4) is 0 Å². The number of H-pyrrole nitrogens is 1. The Kier molecular flexibility index (Phi) is 4.61. The monoisotopic (exact) mass is 379 g/mol. The molecule has 1 N–H and O–H groups in total. The van der Waals surface area contributed by atoms with Crippen LogP contribution in [0.3, 0.4) is 0 Å². The van der Waals surface area contributed by atoms with Crippen molar-refractivity contribution in [3.63, 3.8) is 0 Å². The highest BCUT2D eigenvalue weighted by Crippen LogP contribution is 2.38. The lowest BCUT2D eigenvalue weighted by Crippen LogP contribution is -2.61. The van der Waals surface area contributed by atoms with Crippen molar-refractivity contribution in [2.75, 3.05) is 19.6 Å². The smallest absolute Gasteiger partial charge is 0.222 e. The van der Waals surface area contributed by atoms with Crippen LogP contribution in [0.15, 0.2) is 30.5 Å². The second-order valence-electron chi connectivity index (χ2n) is 8.88. The van der Waals surface area contributed by atoms with Gasteiger partial charge < -0.3 is 14.8 Å². The van der Waals surface area contributed by atoms with E-state index in [4.69, 9.17) is 0 Å². The number of benzene rings is 1. The summed E-state index contributed by atoms with van der Waals surface area (Å²) in [6.07, 6.45) is 8.55. The van der Waals surface area contributed by atoms with Crippen molar-refractivity contribution in [1.29, 1.82) is 0 Å². The summed E-state index contributed by atoms with van der Waals surface area (Å²) in [6, 6.07) is 8.72. The molecule has 3 atom stereocenters. The number of rotatable bonds is 4. The summed E-state index contributed by atoms with van der Waals surface area (Å²) in [6.45, 7) is 2.54. The summed E-state index contributed by atoms with van der Waals surface area (Å²) >= 11 is 0. The molecule has 0 saturated carbocycles. The van der Waals surface area contributed by atoms with Crippen LogP contribution in [0.2, 0.25) is 0 Å². The molecule has 5 rings (SSSR count). The molecule has 5 heteroatoms. The van der Waals surface area contributed by atoms with Crippen molar-refractivity contribution < 1.29 is 9.59 Å². The molecule has 0 spiro atoms. The number of piperidine rings is 3. The summed E-state index contributed by atoms with van der Waals surface area (Å²) in [5, 5.41) is 1.27. The third kappa shape index (κ3) is 3.21. The standard InChI is InChI=1S/C23H29N3O2/c27-22(9-3-5-17-12-24-20-7-2-1-6-19(17)20)25-13-16-11-18(15-25)21-8-4-10-23(28)26(21)14-16/h1-2,6-7,12,16,18,21,24H,3-5,8-11,13-15H2/t16-,18+,21+/m1/s1. The van der Waals surface area contributed by atoms with Gasteiger partial charge in [0.1, 0.15) is 0 Å². The van der Waals surface area contributed by atoms with Crippen LogP contribution in [0.1, 0.15) is 44.1 Å². The van der Waals surface area contributed by atoms with E-state index in [0.29, 0.717) is 42.5 Å². The summed E-state index contributed by atoms with van der Waals surface area (Å²) < 4.78 is 0. The number of para-hydroxylation sites is 1. The maximum atomic E-state index is 12.9. The molecule has 2 aromatic rings. The van der Waals surface area contributed by atoms with Crippen LogP contribution in [0.5, 0.6) is 0 Å². The minimum Gasteiger partial charge on any atom is -0.361 e. The molecular weight excluding hydrogens is 350 g/mol. The maximum Gasteiger partial charge on any atom is 0.222 e. The fourth-order valence-electron chi connectivity index (χ4n) is 5.74. The molecule has 148 valence electrons. The third-order valence-electron chi connectivity index (χ3n) is 7.04. The number of hydrogen-bond acceptors (Lipinski definition) is 2. The van der Waals surface area contributed by atoms with Crippen molar-refractivity contribution in [1.82, 2.24) is 14.8 Å². The Morgan fingerprint density at radius 3 is 3.00 bits per heavy atom. The number of nitrogens with zero attached hydrogens (tertiary/aromatic N) is 2. The number of carbonyl (C=O) groups excluding carboxylic acids is 2. The van der Waals surface area contributed by atoms with E-state index in [1.807, 2.05) is 6.07 Å². The summed E-state index contributed by atoms with van der Waals surface area (Å²) in [4.78, 5) is 32.7. The van der Waals surface area contributed by atoms with Crippen LogP contribution in [0, 0.1) is 11.8 Å². The first kappa shape index (κ1) is 17.8. The van der Waals surface area contributed by atoms with Gasteiger partial charge in [-0.2, -0.15) is 0 Å². The number of nitrogens with one attached hydrogen (secondary N) is 1. The fraction of sp³-hybridized carbons (Fsp3) is 0.565. The molecule has 1 aromatic heterocycles. The van der Waals surface area contributed by atoms with Gasteiger partial charge in [0, 0.05) is 55.6 Å². The van der Waals surface area contributed by atoms with Crippen LogP contribution >= 0.6 is 0 Å². The zero-order valence-electron chi connectivity index (χ0n) is 16.4. The summed E-state index contributed by atoms with van der Waals surface area (Å²) in [5.41, 5.74) is 2.47. The van der Waals surface area contributed by atoms with Crippen LogP contribution in [-0.2, 0) is 16.0 Å². The molecule has 5 nitrogen and oxygen atoms in total. The van der Waals surface area contributed by atoms with Crippen LogP contribution < -0.4 is 0 Å². The first-order valence-electron chi connectivity index (χ1n) is 10.8. The van der Waals surface area contributed by atoms with Crippen LogP contribution in [-0.4, -0.2) is 52.3 Å². The third-order valence-corrected chi connectivity index (χ3v) is 7.04. The topological polar surface area (TPSA) is 56.4 Å². The van der Waals surface area contributed by atoms with E-state index in [1.165, 1.54) is 22.9 Å². The molecule has 3 saturated heterocycles. The zero-order valence-corrected chi connectivity index (χ0v) is 16.4. The van der Waals surface area contributed by atoms with Crippen molar-refractivity contribution >= 4 is 22.7 Å². The van der Waals surface area contributed by atoms with Crippen LogP contribution in [0.25, 0.3) is 10.9 Å². The van der Waals surface area contributed by atoms with Gasteiger partial charge in [0.25, 0.3) is 0 Å². The molecule has 1 aromatic carbocycles. The van der Waals surface area contributed by atoms with Gasteiger partial charge in [-0.05, 0) is 55.6 Å². The molecule has 2 bridgehead atoms. The average Bonchev–Trinajstić information content (AvgIpc) is 3.12. The highest BCUT2D eigenvalue weighted by molar-refractivity contribution is 5.83. The molecule has 3 fully saturated rings. The molecule has 0 aliphatic carbocycles. The molecule has 3 aliphatic heterocycles. The lowest BCUT2D eigenvalue weighted by molar-refractivity contribution is -0.148. The lowest BCUT2D eigenvalue weighted by atomic mass is 9.76. The Hall–Kier alpha value is -2.30. The summed E-state index contributed by atoms with van der Waals surface area (Å²) in [7, 11) is 0. The Morgan fingerprint density at radius 1 is 1.18 bits per heavy atom. The number of hydrogen-bond donors (Lipinski definition) is 1. The zero-order chi connectivity index (χ0) is 19.1.